The molecule has 1 rings (SSSR count). The van der Waals surface area contributed by atoms with E-state index >= 15 is 0 Å². The maximum atomic E-state index is 11.7. The van der Waals surface area contributed by atoms with Gasteiger partial charge in [-0.05, 0) is 19.1 Å². The van der Waals surface area contributed by atoms with Crippen LogP contribution in [0.3, 0.4) is 0 Å². The summed E-state index contributed by atoms with van der Waals surface area (Å²) >= 11 is 0. The third kappa shape index (κ3) is 5.50. The van der Waals surface area contributed by atoms with Crippen LogP contribution in [0.5, 0.6) is 0 Å². The molecule has 0 fully saturated rings. The number of hydrogen-bond acceptors (Lipinski definition) is 3. The highest BCUT2D eigenvalue weighted by molar-refractivity contribution is 5.93. The molecule has 19 heavy (non-hydrogen) atoms. The van der Waals surface area contributed by atoms with E-state index < -0.39 is 12.0 Å². The highest BCUT2D eigenvalue weighted by Gasteiger charge is 2.18. The first-order valence-corrected chi connectivity index (χ1v) is 6.23. The summed E-state index contributed by atoms with van der Waals surface area (Å²) in [6.07, 6.45) is -0.115. The Kier molecular flexibility index (Phi) is 5.98. The lowest BCUT2D eigenvalue weighted by Gasteiger charge is -2.15. The third-order valence-corrected chi connectivity index (χ3v) is 2.70. The molecule has 0 heterocycles. The largest absolute Gasteiger partial charge is 0.544 e. The lowest BCUT2D eigenvalue weighted by molar-refractivity contribution is -0.695. The molecule has 0 saturated carbocycles. The number of aryl methyl sites for hydroxylation is 1. The normalized spacial score (nSPS) is 11.9. The number of anilines is 1. The number of quaternary nitrogens is 2. The van der Waals surface area contributed by atoms with Gasteiger partial charge in [-0.3, -0.25) is 4.79 Å². The molecule has 6 N–H and O–H groups in total. The minimum atomic E-state index is -1.23. The zero-order chi connectivity index (χ0) is 14.3. The van der Waals surface area contributed by atoms with E-state index in [0.717, 1.165) is 5.56 Å². The molecule has 1 aromatic rings. The van der Waals surface area contributed by atoms with Crippen molar-refractivity contribution in [2.75, 3.05) is 18.4 Å². The minimum absolute atomic E-state index is 0.115. The molecule has 0 saturated heterocycles. The minimum Gasteiger partial charge on any atom is -0.544 e. The Morgan fingerprint density at radius 3 is 2.53 bits per heavy atom. The van der Waals surface area contributed by atoms with Crippen LogP contribution in [-0.4, -0.2) is 31.0 Å². The molecule has 0 unspecified atom stereocenters. The van der Waals surface area contributed by atoms with Gasteiger partial charge in [0.15, 0.2) is 0 Å². The molecule has 0 radical (unpaired) electrons. The Morgan fingerprint density at radius 2 is 2.00 bits per heavy atom. The van der Waals surface area contributed by atoms with Crippen molar-refractivity contribution >= 4 is 17.6 Å². The fraction of sp³-hybridized carbons (Fsp3) is 0.385. The number of carboxylic acids is 1. The monoisotopic (exact) mass is 266 g/mol. The van der Waals surface area contributed by atoms with Crippen LogP contribution in [0.15, 0.2) is 24.3 Å². The molecule has 6 nitrogen and oxygen atoms in total. The Bertz CT molecular complexity index is 431. The number of nitrogens with one attached hydrogen (secondary N) is 1. The molecule has 0 aliphatic heterocycles. The predicted molar refractivity (Wildman–Crippen MR) is 67.8 cm³/mol. The lowest BCUT2D eigenvalue weighted by atomic mass is 10.2. The summed E-state index contributed by atoms with van der Waals surface area (Å²) in [5, 5.41) is 15.1. The summed E-state index contributed by atoms with van der Waals surface area (Å²) in [7, 11) is 0. The Hall–Kier alpha value is -1.92. The average Bonchev–Trinajstić information content (AvgIpc) is 2.37. The molecule has 1 atom stereocenters. The maximum Gasteiger partial charge on any atom is 0.230 e. The van der Waals surface area contributed by atoms with Crippen LogP contribution in [0.1, 0.15) is 12.0 Å². The number of aliphatic carboxylic acids is 1. The molecule has 6 heteroatoms. The summed E-state index contributed by atoms with van der Waals surface area (Å²) in [5.41, 5.74) is 5.38. The zero-order valence-electron chi connectivity index (χ0n) is 11.0. The van der Waals surface area contributed by atoms with Gasteiger partial charge < -0.3 is 26.3 Å². The van der Waals surface area contributed by atoms with Crippen molar-refractivity contribution in [3.05, 3.63) is 29.8 Å². The average molecular weight is 266 g/mol. The Balaban J connectivity index is 2.52. The van der Waals surface area contributed by atoms with Crippen LogP contribution < -0.4 is 21.5 Å². The summed E-state index contributed by atoms with van der Waals surface area (Å²) in [6.45, 7) is 3.10. The van der Waals surface area contributed by atoms with E-state index in [1.165, 1.54) is 0 Å². The van der Waals surface area contributed by atoms with Gasteiger partial charge in [0.1, 0.15) is 19.1 Å². The Morgan fingerprint density at radius 1 is 1.37 bits per heavy atom. The van der Waals surface area contributed by atoms with Gasteiger partial charge in [-0.1, -0.05) is 17.7 Å². The van der Waals surface area contributed by atoms with Crippen LogP contribution in [0, 0.1) is 6.92 Å². The molecule has 104 valence electrons. The SMILES string of the molecule is Cc1ccc(NC(=O)C[C@@H]([NH2+]CC[NH3+])C(=O)[O-])cc1. The summed E-state index contributed by atoms with van der Waals surface area (Å²) in [4.78, 5) is 22.6. The van der Waals surface area contributed by atoms with E-state index in [2.05, 4.69) is 11.1 Å². The van der Waals surface area contributed by atoms with E-state index in [-0.39, 0.29) is 12.3 Å². The number of carbonyl (C=O) groups excluding carboxylic acids is 2. The van der Waals surface area contributed by atoms with Crippen LogP contribution in [0.25, 0.3) is 0 Å². The van der Waals surface area contributed by atoms with Gasteiger partial charge in [0, 0.05) is 5.69 Å². The van der Waals surface area contributed by atoms with Crippen molar-refractivity contribution in [1.29, 1.82) is 0 Å². The van der Waals surface area contributed by atoms with Crippen LogP contribution in [0.2, 0.25) is 0 Å². The van der Waals surface area contributed by atoms with Gasteiger partial charge in [0.25, 0.3) is 0 Å². The molecular formula is C13H20N3O3+. The summed E-state index contributed by atoms with van der Waals surface area (Å²) in [5.74, 6) is -1.56. The van der Waals surface area contributed by atoms with Crippen molar-refractivity contribution in [2.24, 2.45) is 0 Å². The highest BCUT2D eigenvalue weighted by atomic mass is 16.4. The van der Waals surface area contributed by atoms with E-state index in [0.29, 0.717) is 18.8 Å². The van der Waals surface area contributed by atoms with Crippen molar-refractivity contribution in [3.63, 3.8) is 0 Å². The number of carboxylic acid groups (broad SMARTS) is 1. The van der Waals surface area contributed by atoms with Crippen LogP contribution >= 0.6 is 0 Å². The van der Waals surface area contributed by atoms with E-state index in [4.69, 9.17) is 0 Å². The first-order chi connectivity index (χ1) is 9.02. The van der Waals surface area contributed by atoms with Crippen LogP contribution in [0.4, 0.5) is 5.69 Å². The second-order valence-electron chi connectivity index (χ2n) is 4.42. The molecular weight excluding hydrogens is 246 g/mol. The third-order valence-electron chi connectivity index (χ3n) is 2.70. The highest BCUT2D eigenvalue weighted by Crippen LogP contribution is 2.08. The quantitative estimate of drug-likeness (QED) is 0.497. The second kappa shape index (κ2) is 7.50. The standard InChI is InChI=1S/C13H19N3O3/c1-9-2-4-10(5-3-9)16-12(17)8-11(13(18)19)15-7-6-14/h2-5,11,15H,6-8,14H2,1H3,(H,16,17)(H,18,19)/p+1/t11-/m1/s1. The van der Waals surface area contributed by atoms with Gasteiger partial charge in [-0.15, -0.1) is 0 Å². The zero-order valence-corrected chi connectivity index (χ0v) is 11.0. The van der Waals surface area contributed by atoms with Gasteiger partial charge in [0.05, 0.1) is 12.4 Å². The number of carbonyl (C=O) groups is 2. The molecule has 0 aliphatic rings. The number of rotatable bonds is 7. The fourth-order valence-corrected chi connectivity index (χ4v) is 1.63. The van der Waals surface area contributed by atoms with Crippen molar-refractivity contribution in [2.45, 2.75) is 19.4 Å². The van der Waals surface area contributed by atoms with E-state index in [1.54, 1.807) is 17.4 Å². The Labute approximate surface area is 112 Å². The lowest BCUT2D eigenvalue weighted by Crippen LogP contribution is -2.95. The molecule has 1 aromatic carbocycles. The smallest absolute Gasteiger partial charge is 0.230 e. The predicted octanol–water partition coefficient (Wildman–Crippen LogP) is -2.75. The number of amides is 1. The first-order valence-electron chi connectivity index (χ1n) is 6.23. The summed E-state index contributed by atoms with van der Waals surface area (Å²) < 4.78 is 0. The van der Waals surface area contributed by atoms with E-state index in [1.807, 2.05) is 19.1 Å². The molecule has 0 bridgehead atoms. The molecule has 0 aromatic heterocycles. The van der Waals surface area contributed by atoms with Crippen LogP contribution in [-0.2, 0) is 9.59 Å². The van der Waals surface area contributed by atoms with E-state index in [9.17, 15) is 14.7 Å². The number of hydrogen-bond donors (Lipinski definition) is 3. The molecule has 1 amide bonds. The van der Waals surface area contributed by atoms with Crippen molar-refractivity contribution in [3.8, 4) is 0 Å². The first kappa shape index (κ1) is 15.1. The summed E-state index contributed by atoms with van der Waals surface area (Å²) in [6, 6.07) is 6.44. The van der Waals surface area contributed by atoms with Gasteiger partial charge in [0.2, 0.25) is 5.91 Å². The number of nitrogens with two attached hydrogens (primary N) is 1. The maximum absolute atomic E-state index is 11.7. The number of benzene rings is 1. The molecule has 0 spiro atoms. The second-order valence-corrected chi connectivity index (χ2v) is 4.42. The topological polar surface area (TPSA) is 113 Å². The fourth-order valence-electron chi connectivity index (χ4n) is 1.63. The van der Waals surface area contributed by atoms with Gasteiger partial charge >= 0.3 is 0 Å². The van der Waals surface area contributed by atoms with Crippen molar-refractivity contribution < 1.29 is 25.7 Å². The van der Waals surface area contributed by atoms with Gasteiger partial charge in [-0.25, -0.2) is 0 Å². The van der Waals surface area contributed by atoms with Gasteiger partial charge in [-0.2, -0.15) is 0 Å². The van der Waals surface area contributed by atoms with Crippen molar-refractivity contribution in [1.82, 2.24) is 0 Å². The molecule has 0 aliphatic carbocycles.